The summed E-state index contributed by atoms with van der Waals surface area (Å²) in [5, 5.41) is 3.70. The minimum absolute atomic E-state index is 0.249. The molecule has 33 heavy (non-hydrogen) atoms. The smallest absolute Gasteiger partial charge is 0.333 e. The van der Waals surface area contributed by atoms with Crippen LogP contribution in [0.3, 0.4) is 0 Å². The number of unbranched alkanes of at least 4 members (excludes halogenated alkanes) is 5. The first kappa shape index (κ1) is 24.9. The predicted molar refractivity (Wildman–Crippen MR) is 143 cm³/mol. The number of hydrogen-bond donors (Lipinski definition) is 0. The van der Waals surface area contributed by atoms with Gasteiger partial charge in [0, 0.05) is 12.5 Å². The molecule has 0 radical (unpaired) electrons. The lowest BCUT2D eigenvalue weighted by atomic mass is 10.1. The average molecular weight is 460 g/mol. The van der Waals surface area contributed by atoms with Crippen LogP contribution in [0.5, 0.6) is 0 Å². The quantitative estimate of drug-likeness (QED) is 0.122. The first-order valence-corrected chi connectivity index (χ1v) is 14.0. The molecule has 0 saturated carbocycles. The summed E-state index contributed by atoms with van der Waals surface area (Å²) < 4.78 is 6.25. The molecule has 2 nitrogen and oxygen atoms in total. The zero-order valence-corrected chi connectivity index (χ0v) is 20.6. The van der Waals surface area contributed by atoms with Crippen LogP contribution in [0.1, 0.15) is 51.9 Å². The van der Waals surface area contributed by atoms with Crippen LogP contribution in [0.25, 0.3) is 0 Å². The van der Waals surface area contributed by atoms with E-state index in [1.807, 2.05) is 18.2 Å². The Morgan fingerprint density at radius 1 is 0.758 bits per heavy atom. The van der Waals surface area contributed by atoms with Gasteiger partial charge in [0.2, 0.25) is 5.85 Å². The van der Waals surface area contributed by atoms with Crippen molar-refractivity contribution in [2.75, 3.05) is 0 Å². The molecule has 1 atom stereocenters. The number of rotatable bonds is 13. The van der Waals surface area contributed by atoms with Gasteiger partial charge >= 0.3 is 5.97 Å². The second-order valence-electron chi connectivity index (χ2n) is 8.38. The zero-order valence-electron chi connectivity index (χ0n) is 19.7. The number of carbonyl (C=O) groups is 1. The third kappa shape index (κ3) is 6.21. The van der Waals surface area contributed by atoms with Crippen molar-refractivity contribution in [1.29, 1.82) is 0 Å². The monoisotopic (exact) mass is 459 g/mol. The molecule has 0 amide bonds. The molecule has 3 heteroatoms. The Morgan fingerprint density at radius 3 is 1.61 bits per heavy atom. The van der Waals surface area contributed by atoms with Gasteiger partial charge in [0.05, 0.1) is 0 Å². The van der Waals surface area contributed by atoms with Crippen molar-refractivity contribution in [1.82, 2.24) is 0 Å². The highest BCUT2D eigenvalue weighted by Crippen LogP contribution is 2.61. The number of carbonyl (C=O) groups excluding carboxylic acids is 1. The fraction of sp³-hybridized carbons (Fsp3) is 0.300. The molecule has 0 aliphatic heterocycles. The number of benzene rings is 3. The molecule has 172 valence electrons. The summed E-state index contributed by atoms with van der Waals surface area (Å²) in [4.78, 5) is 12.6. The van der Waals surface area contributed by atoms with Crippen molar-refractivity contribution in [3.63, 3.8) is 0 Å². The average Bonchev–Trinajstić information content (AvgIpc) is 2.88. The van der Waals surface area contributed by atoms with Crippen LogP contribution in [0, 0.1) is 0 Å². The Kier molecular flexibility index (Phi) is 9.91. The van der Waals surface area contributed by atoms with E-state index >= 15 is 0 Å². The maximum atomic E-state index is 12.6. The van der Waals surface area contributed by atoms with Gasteiger partial charge < -0.3 is 4.74 Å². The number of esters is 1. The van der Waals surface area contributed by atoms with Gasteiger partial charge in [-0.1, -0.05) is 100 Å². The maximum Gasteiger partial charge on any atom is 0.333 e. The van der Waals surface area contributed by atoms with E-state index in [4.69, 9.17) is 4.74 Å². The van der Waals surface area contributed by atoms with Gasteiger partial charge in [-0.3, -0.25) is 0 Å². The van der Waals surface area contributed by atoms with E-state index in [0.717, 1.165) is 19.3 Å². The van der Waals surface area contributed by atoms with E-state index in [2.05, 4.69) is 86.3 Å². The van der Waals surface area contributed by atoms with E-state index in [1.165, 1.54) is 47.7 Å². The second kappa shape index (κ2) is 13.1. The standard InChI is InChI=1S/C30H36O2P/c1-3-5-6-7-8-18-25-30(32-29(31)4-2)33(26-19-12-9-13-20-26,27-21-14-10-15-22-27)28-23-16-11-17-24-28/h4,9-17,19-24,30H,2-3,5-8,18,25H2,1H3/q+1. The van der Waals surface area contributed by atoms with Gasteiger partial charge in [-0.05, 0) is 42.8 Å². The summed E-state index contributed by atoms with van der Waals surface area (Å²) >= 11 is 0. The molecule has 0 fully saturated rings. The summed E-state index contributed by atoms with van der Waals surface area (Å²) in [6.45, 7) is 5.92. The molecule has 0 spiro atoms. The first-order chi connectivity index (χ1) is 16.2. The van der Waals surface area contributed by atoms with E-state index in [1.54, 1.807) is 0 Å². The van der Waals surface area contributed by atoms with Crippen molar-refractivity contribution in [3.05, 3.63) is 104 Å². The Bertz CT molecular complexity index is 873. The predicted octanol–water partition coefficient (Wildman–Crippen LogP) is 6.79. The van der Waals surface area contributed by atoms with Crippen LogP contribution in [-0.2, 0) is 9.53 Å². The van der Waals surface area contributed by atoms with Gasteiger partial charge in [-0.25, -0.2) is 4.79 Å². The van der Waals surface area contributed by atoms with Crippen LogP contribution in [0.15, 0.2) is 104 Å². The molecule has 0 N–H and O–H groups in total. The Hall–Kier alpha value is -2.70. The summed E-state index contributed by atoms with van der Waals surface area (Å²) in [6.07, 6.45) is 9.33. The molecule has 3 rings (SSSR count). The maximum absolute atomic E-state index is 12.6. The van der Waals surface area contributed by atoms with Gasteiger partial charge in [0.1, 0.15) is 15.9 Å². The molecule has 1 unspecified atom stereocenters. The minimum Gasteiger partial charge on any atom is -0.423 e. The summed E-state index contributed by atoms with van der Waals surface area (Å²) in [7, 11) is -2.28. The topological polar surface area (TPSA) is 26.3 Å². The fourth-order valence-electron chi connectivity index (χ4n) is 4.55. The largest absolute Gasteiger partial charge is 0.423 e. The van der Waals surface area contributed by atoms with E-state index < -0.39 is 7.26 Å². The van der Waals surface area contributed by atoms with Crippen molar-refractivity contribution in [2.24, 2.45) is 0 Å². The van der Waals surface area contributed by atoms with Crippen molar-refractivity contribution >= 4 is 29.1 Å². The van der Waals surface area contributed by atoms with Gasteiger partial charge in [0.25, 0.3) is 0 Å². The van der Waals surface area contributed by atoms with Crippen molar-refractivity contribution < 1.29 is 9.53 Å². The highest BCUT2D eigenvalue weighted by Gasteiger charge is 2.54. The highest BCUT2D eigenvalue weighted by atomic mass is 31.2. The minimum atomic E-state index is -2.28. The molecule has 0 heterocycles. The molecule has 0 saturated heterocycles. The summed E-state index contributed by atoms with van der Waals surface area (Å²) in [6, 6.07) is 31.9. The van der Waals surface area contributed by atoms with Gasteiger partial charge in [-0.15, -0.1) is 0 Å². The normalized spacial score (nSPS) is 12.2. The Balaban J connectivity index is 2.12. The first-order valence-electron chi connectivity index (χ1n) is 12.1. The molecule has 0 aliphatic carbocycles. The molecule has 0 aromatic heterocycles. The van der Waals surface area contributed by atoms with E-state index in [9.17, 15) is 4.79 Å². The summed E-state index contributed by atoms with van der Waals surface area (Å²) in [5.74, 6) is -0.598. The number of hydrogen-bond acceptors (Lipinski definition) is 2. The molecular formula is C30H36O2P+. The Labute approximate surface area is 200 Å². The van der Waals surface area contributed by atoms with Crippen LogP contribution in [-0.4, -0.2) is 11.8 Å². The molecular weight excluding hydrogens is 423 g/mol. The molecule has 3 aromatic carbocycles. The third-order valence-corrected chi connectivity index (χ3v) is 10.7. The molecule has 0 bridgehead atoms. The lowest BCUT2D eigenvalue weighted by molar-refractivity contribution is -0.139. The van der Waals surface area contributed by atoms with Crippen molar-refractivity contribution in [3.8, 4) is 0 Å². The van der Waals surface area contributed by atoms with Gasteiger partial charge in [-0.2, -0.15) is 0 Å². The Morgan fingerprint density at radius 2 is 1.18 bits per heavy atom. The van der Waals surface area contributed by atoms with E-state index in [-0.39, 0.29) is 11.8 Å². The summed E-state index contributed by atoms with van der Waals surface area (Å²) in [5.41, 5.74) is 0. The van der Waals surface area contributed by atoms with Crippen LogP contribution in [0.2, 0.25) is 0 Å². The lowest BCUT2D eigenvalue weighted by Gasteiger charge is -2.34. The SMILES string of the molecule is C=CC(=O)OC(CCCCCCCC)[P+](c1ccccc1)(c1ccccc1)c1ccccc1. The fourth-order valence-corrected chi connectivity index (χ4v) is 9.20. The molecule has 0 aliphatic rings. The second-order valence-corrected chi connectivity index (χ2v) is 12.0. The van der Waals surface area contributed by atoms with E-state index in [0.29, 0.717) is 0 Å². The van der Waals surface area contributed by atoms with Crippen LogP contribution < -0.4 is 15.9 Å². The lowest BCUT2D eigenvalue weighted by Crippen LogP contribution is -2.40. The van der Waals surface area contributed by atoms with Gasteiger partial charge in [0.15, 0.2) is 7.26 Å². The van der Waals surface area contributed by atoms with Crippen molar-refractivity contribution in [2.45, 2.75) is 57.7 Å². The highest BCUT2D eigenvalue weighted by molar-refractivity contribution is 7.96. The number of ether oxygens (including phenoxy) is 1. The third-order valence-electron chi connectivity index (χ3n) is 6.15. The van der Waals surface area contributed by atoms with Crippen LogP contribution >= 0.6 is 7.26 Å². The van der Waals surface area contributed by atoms with Crippen LogP contribution in [0.4, 0.5) is 0 Å². The zero-order chi connectivity index (χ0) is 23.4. The molecule has 3 aromatic rings.